The molecule has 8 heteroatoms. The van der Waals surface area contributed by atoms with Crippen molar-refractivity contribution in [2.45, 2.75) is 18.7 Å². The van der Waals surface area contributed by atoms with Crippen LogP contribution in [0.2, 0.25) is 0 Å². The Bertz CT molecular complexity index is 615. The van der Waals surface area contributed by atoms with E-state index in [1.165, 1.54) is 30.6 Å². The third kappa shape index (κ3) is 3.82. The number of amides is 1. The van der Waals surface area contributed by atoms with E-state index in [-0.39, 0.29) is 10.5 Å². The normalized spacial score (nSPS) is 11.7. The molecule has 0 aliphatic heterocycles. The third-order valence-electron chi connectivity index (χ3n) is 3.07. The third-order valence-corrected chi connectivity index (χ3v) is 5.81. The van der Waals surface area contributed by atoms with Crippen molar-refractivity contribution < 1.29 is 18.0 Å². The number of sulfonamides is 1. The Labute approximate surface area is 133 Å². The van der Waals surface area contributed by atoms with Gasteiger partial charge in [-0.05, 0) is 34.1 Å². The Morgan fingerprint density at radius 1 is 1.29 bits per heavy atom. The SMILES string of the molecule is CCN(CC)S(=O)(=O)c1ccc(Br)c(C(=O)N(C)OC)c1. The first kappa shape index (κ1) is 18.1. The number of halogens is 1. The predicted molar refractivity (Wildman–Crippen MR) is 83.4 cm³/mol. The van der Waals surface area contributed by atoms with Crippen LogP contribution in [-0.2, 0) is 14.9 Å². The molecule has 0 aromatic heterocycles. The van der Waals surface area contributed by atoms with Crippen LogP contribution in [0.4, 0.5) is 0 Å². The van der Waals surface area contributed by atoms with Gasteiger partial charge in [0, 0.05) is 24.6 Å². The Morgan fingerprint density at radius 3 is 2.33 bits per heavy atom. The molecule has 0 saturated carbocycles. The lowest BCUT2D eigenvalue weighted by molar-refractivity contribution is -0.0757. The standard InChI is InChI=1S/C13H19BrN2O4S/c1-5-16(6-2)21(18,19)10-7-8-12(14)11(9-10)13(17)15(3)20-4/h7-9H,5-6H2,1-4H3. The Kier molecular flexibility index (Phi) is 6.33. The second-order valence-corrected chi connectivity index (χ2v) is 7.01. The van der Waals surface area contributed by atoms with Crippen molar-refractivity contribution in [1.82, 2.24) is 9.37 Å². The van der Waals surface area contributed by atoms with Crippen LogP contribution < -0.4 is 0 Å². The molecule has 118 valence electrons. The fourth-order valence-corrected chi connectivity index (χ4v) is 3.69. The van der Waals surface area contributed by atoms with E-state index in [1.807, 2.05) is 0 Å². The number of benzene rings is 1. The summed E-state index contributed by atoms with van der Waals surface area (Å²) in [5, 5.41) is 1.04. The minimum absolute atomic E-state index is 0.0854. The van der Waals surface area contributed by atoms with Crippen LogP contribution in [0, 0.1) is 0 Å². The fraction of sp³-hybridized carbons (Fsp3) is 0.462. The molecule has 0 atom stereocenters. The maximum atomic E-state index is 12.5. The molecule has 0 fully saturated rings. The molecule has 0 saturated heterocycles. The van der Waals surface area contributed by atoms with Crippen LogP contribution in [-0.4, -0.2) is 50.9 Å². The van der Waals surface area contributed by atoms with Gasteiger partial charge in [0.15, 0.2) is 0 Å². The Hall–Kier alpha value is -0.960. The van der Waals surface area contributed by atoms with E-state index in [9.17, 15) is 13.2 Å². The van der Waals surface area contributed by atoms with Gasteiger partial charge in [-0.3, -0.25) is 9.63 Å². The van der Waals surface area contributed by atoms with Crippen LogP contribution in [0.5, 0.6) is 0 Å². The van der Waals surface area contributed by atoms with Gasteiger partial charge in [-0.25, -0.2) is 13.5 Å². The molecule has 0 radical (unpaired) electrons. The highest BCUT2D eigenvalue weighted by Gasteiger charge is 2.24. The largest absolute Gasteiger partial charge is 0.278 e. The summed E-state index contributed by atoms with van der Waals surface area (Å²) in [4.78, 5) is 17.1. The summed E-state index contributed by atoms with van der Waals surface area (Å²) in [5.74, 6) is -0.430. The van der Waals surface area contributed by atoms with Gasteiger partial charge >= 0.3 is 0 Å². The molecular weight excluding hydrogens is 360 g/mol. The number of carbonyl (C=O) groups is 1. The van der Waals surface area contributed by atoms with Crippen molar-refractivity contribution in [3.05, 3.63) is 28.2 Å². The van der Waals surface area contributed by atoms with Gasteiger partial charge in [0.05, 0.1) is 17.6 Å². The summed E-state index contributed by atoms with van der Waals surface area (Å²) in [7, 11) is -0.783. The number of nitrogens with zero attached hydrogens (tertiary/aromatic N) is 2. The van der Waals surface area contributed by atoms with Crippen molar-refractivity contribution >= 4 is 31.9 Å². The monoisotopic (exact) mass is 378 g/mol. The van der Waals surface area contributed by atoms with Crippen molar-refractivity contribution in [2.75, 3.05) is 27.2 Å². The van der Waals surface area contributed by atoms with Crippen molar-refractivity contribution in [3.8, 4) is 0 Å². The molecule has 0 heterocycles. The van der Waals surface area contributed by atoms with Gasteiger partial charge in [-0.15, -0.1) is 0 Å². The van der Waals surface area contributed by atoms with E-state index in [0.717, 1.165) is 5.06 Å². The number of hydrogen-bond acceptors (Lipinski definition) is 4. The predicted octanol–water partition coefficient (Wildman–Crippen LogP) is 2.11. The summed E-state index contributed by atoms with van der Waals surface area (Å²) in [6, 6.07) is 4.38. The van der Waals surface area contributed by atoms with Crippen LogP contribution in [0.15, 0.2) is 27.6 Å². The zero-order valence-electron chi connectivity index (χ0n) is 12.5. The topological polar surface area (TPSA) is 66.9 Å². The van der Waals surface area contributed by atoms with Gasteiger partial charge < -0.3 is 0 Å². The highest BCUT2D eigenvalue weighted by molar-refractivity contribution is 9.10. The Balaban J connectivity index is 3.33. The van der Waals surface area contributed by atoms with E-state index in [2.05, 4.69) is 15.9 Å². The first-order valence-corrected chi connectivity index (χ1v) is 8.64. The first-order chi connectivity index (χ1) is 9.79. The van der Waals surface area contributed by atoms with Crippen molar-refractivity contribution in [3.63, 3.8) is 0 Å². The maximum absolute atomic E-state index is 12.5. The van der Waals surface area contributed by atoms with E-state index in [4.69, 9.17) is 4.84 Å². The fourth-order valence-electron chi connectivity index (χ4n) is 1.79. The summed E-state index contributed by atoms with van der Waals surface area (Å²) < 4.78 is 26.8. The molecular formula is C13H19BrN2O4S. The lowest BCUT2D eigenvalue weighted by atomic mass is 10.2. The van der Waals surface area contributed by atoms with E-state index < -0.39 is 15.9 Å². The molecule has 1 rings (SSSR count). The molecule has 1 amide bonds. The van der Waals surface area contributed by atoms with Crippen molar-refractivity contribution in [1.29, 1.82) is 0 Å². The zero-order chi connectivity index (χ0) is 16.2. The average Bonchev–Trinajstić information content (AvgIpc) is 2.46. The molecule has 0 unspecified atom stereocenters. The summed E-state index contributed by atoms with van der Waals surface area (Å²) in [6.07, 6.45) is 0. The molecule has 0 N–H and O–H groups in total. The van der Waals surface area contributed by atoms with E-state index in [0.29, 0.717) is 17.6 Å². The van der Waals surface area contributed by atoms with Crippen molar-refractivity contribution in [2.24, 2.45) is 0 Å². The molecule has 6 nitrogen and oxygen atoms in total. The molecule has 0 bridgehead atoms. The van der Waals surface area contributed by atoms with Crippen LogP contribution in [0.3, 0.4) is 0 Å². The second-order valence-electron chi connectivity index (χ2n) is 4.22. The zero-order valence-corrected chi connectivity index (χ0v) is 14.9. The van der Waals surface area contributed by atoms with Gasteiger partial charge in [-0.2, -0.15) is 4.31 Å². The minimum Gasteiger partial charge on any atom is -0.274 e. The van der Waals surface area contributed by atoms with Crippen LogP contribution in [0.25, 0.3) is 0 Å². The quantitative estimate of drug-likeness (QED) is 0.711. The summed E-state index contributed by atoms with van der Waals surface area (Å²) >= 11 is 3.25. The molecule has 0 aliphatic carbocycles. The number of carbonyl (C=O) groups excluding carboxylic acids is 1. The number of rotatable bonds is 6. The molecule has 0 spiro atoms. The van der Waals surface area contributed by atoms with E-state index >= 15 is 0 Å². The van der Waals surface area contributed by atoms with E-state index in [1.54, 1.807) is 19.9 Å². The molecule has 1 aromatic carbocycles. The smallest absolute Gasteiger partial charge is 0.274 e. The highest BCUT2D eigenvalue weighted by Crippen LogP contribution is 2.24. The summed E-state index contributed by atoms with van der Waals surface area (Å²) in [5.41, 5.74) is 0.229. The molecule has 0 aliphatic rings. The van der Waals surface area contributed by atoms with Gasteiger partial charge in [0.2, 0.25) is 10.0 Å². The molecule has 21 heavy (non-hydrogen) atoms. The van der Waals surface area contributed by atoms with Crippen LogP contribution in [0.1, 0.15) is 24.2 Å². The lowest BCUT2D eigenvalue weighted by Crippen LogP contribution is -2.31. The van der Waals surface area contributed by atoms with Crippen LogP contribution >= 0.6 is 15.9 Å². The number of hydrogen-bond donors (Lipinski definition) is 0. The average molecular weight is 379 g/mol. The summed E-state index contributed by atoms with van der Waals surface area (Å²) in [6.45, 7) is 4.28. The maximum Gasteiger partial charge on any atom is 0.278 e. The van der Waals surface area contributed by atoms with Gasteiger partial charge in [0.1, 0.15) is 0 Å². The number of hydroxylamine groups is 2. The minimum atomic E-state index is -3.61. The van der Waals surface area contributed by atoms with Gasteiger partial charge in [0.25, 0.3) is 5.91 Å². The molecule has 1 aromatic rings. The first-order valence-electron chi connectivity index (χ1n) is 6.41. The Morgan fingerprint density at radius 2 is 1.86 bits per heavy atom. The lowest BCUT2D eigenvalue weighted by Gasteiger charge is -2.20. The van der Waals surface area contributed by atoms with Gasteiger partial charge in [-0.1, -0.05) is 13.8 Å². The highest BCUT2D eigenvalue weighted by atomic mass is 79.9. The second kappa shape index (κ2) is 7.35.